The highest BCUT2D eigenvalue weighted by Crippen LogP contribution is 2.37. The molecule has 0 fully saturated rings. The second-order valence-corrected chi connectivity index (χ2v) is 5.77. The summed E-state index contributed by atoms with van der Waals surface area (Å²) in [7, 11) is 0. The van der Waals surface area contributed by atoms with Crippen molar-refractivity contribution in [2.24, 2.45) is 5.73 Å². The van der Waals surface area contributed by atoms with E-state index in [0.717, 1.165) is 12.1 Å². The van der Waals surface area contributed by atoms with Crippen LogP contribution in [0.5, 0.6) is 0 Å². The summed E-state index contributed by atoms with van der Waals surface area (Å²) in [4.78, 5) is 11.9. The van der Waals surface area contributed by atoms with Crippen LogP contribution in [0.25, 0.3) is 11.1 Å². The van der Waals surface area contributed by atoms with E-state index in [2.05, 4.69) is 41.7 Å². The monoisotopic (exact) mass is 280 g/mol. The van der Waals surface area contributed by atoms with Crippen molar-refractivity contribution in [3.8, 4) is 11.1 Å². The Bertz CT molecular complexity index is 677. The maximum Gasteiger partial charge on any atom is 0.224 e. The molecular weight excluding hydrogens is 260 g/mol. The maximum atomic E-state index is 11.9. The highest BCUT2D eigenvalue weighted by molar-refractivity contribution is 5.91. The van der Waals surface area contributed by atoms with Gasteiger partial charge >= 0.3 is 0 Å². The van der Waals surface area contributed by atoms with Crippen molar-refractivity contribution < 1.29 is 4.79 Å². The van der Waals surface area contributed by atoms with Crippen molar-refractivity contribution >= 4 is 11.6 Å². The molecule has 1 aliphatic rings. The van der Waals surface area contributed by atoms with Crippen LogP contribution in [-0.2, 0) is 11.2 Å². The van der Waals surface area contributed by atoms with Gasteiger partial charge in [-0.15, -0.1) is 0 Å². The van der Waals surface area contributed by atoms with E-state index in [1.165, 1.54) is 22.3 Å². The minimum Gasteiger partial charge on any atom is -0.328 e. The molecule has 1 unspecified atom stereocenters. The summed E-state index contributed by atoms with van der Waals surface area (Å²) in [5, 5.41) is 2.96. The van der Waals surface area contributed by atoms with Crippen LogP contribution in [0.1, 0.15) is 30.9 Å². The number of rotatable bonds is 4. The number of amides is 1. The van der Waals surface area contributed by atoms with E-state index in [-0.39, 0.29) is 11.9 Å². The van der Waals surface area contributed by atoms with Crippen LogP contribution in [0.4, 0.5) is 5.69 Å². The minimum absolute atomic E-state index is 0.0303. The van der Waals surface area contributed by atoms with E-state index in [0.29, 0.717) is 12.8 Å². The highest BCUT2D eigenvalue weighted by Gasteiger charge is 2.18. The molecule has 1 amide bonds. The first-order chi connectivity index (χ1) is 10.1. The lowest BCUT2D eigenvalue weighted by Crippen LogP contribution is -2.19. The quantitative estimate of drug-likeness (QED) is 0.770. The molecule has 1 aliphatic carbocycles. The molecule has 0 saturated heterocycles. The fraction of sp³-hybridized carbons (Fsp3) is 0.278. The molecule has 3 heteroatoms. The summed E-state index contributed by atoms with van der Waals surface area (Å²) in [6.07, 6.45) is 2.12. The largest absolute Gasteiger partial charge is 0.328 e. The lowest BCUT2D eigenvalue weighted by molar-refractivity contribution is -0.116. The highest BCUT2D eigenvalue weighted by atomic mass is 16.1. The summed E-state index contributed by atoms with van der Waals surface area (Å²) in [5.41, 5.74) is 11.8. The van der Waals surface area contributed by atoms with Gasteiger partial charge in [-0.3, -0.25) is 4.79 Å². The third kappa shape index (κ3) is 2.98. The smallest absolute Gasteiger partial charge is 0.224 e. The first-order valence-corrected chi connectivity index (χ1v) is 7.40. The molecule has 108 valence electrons. The number of benzene rings is 2. The summed E-state index contributed by atoms with van der Waals surface area (Å²) >= 11 is 0. The van der Waals surface area contributed by atoms with Gasteiger partial charge in [-0.05, 0) is 54.2 Å². The molecule has 2 aromatic rings. The van der Waals surface area contributed by atoms with Crippen molar-refractivity contribution in [3.05, 3.63) is 53.6 Å². The second-order valence-electron chi connectivity index (χ2n) is 5.77. The van der Waals surface area contributed by atoms with Gasteiger partial charge in [0, 0.05) is 18.2 Å². The molecule has 0 radical (unpaired) electrons. The van der Waals surface area contributed by atoms with Gasteiger partial charge in [-0.2, -0.15) is 0 Å². The minimum atomic E-state index is 0.0303. The molecule has 0 aromatic heterocycles. The van der Waals surface area contributed by atoms with Crippen molar-refractivity contribution in [3.63, 3.8) is 0 Å². The van der Waals surface area contributed by atoms with Crippen molar-refractivity contribution in [2.45, 2.75) is 32.2 Å². The molecule has 0 saturated carbocycles. The van der Waals surface area contributed by atoms with Crippen LogP contribution < -0.4 is 11.1 Å². The molecule has 1 atom stereocenters. The Morgan fingerprint density at radius 2 is 1.95 bits per heavy atom. The first kappa shape index (κ1) is 13.8. The van der Waals surface area contributed by atoms with Gasteiger partial charge in [0.2, 0.25) is 5.91 Å². The van der Waals surface area contributed by atoms with E-state index in [4.69, 9.17) is 5.73 Å². The number of fused-ring (bicyclic) bond motifs is 3. The molecule has 3 nitrogen and oxygen atoms in total. The van der Waals surface area contributed by atoms with Gasteiger partial charge in [0.25, 0.3) is 0 Å². The number of anilines is 1. The zero-order valence-electron chi connectivity index (χ0n) is 12.2. The Labute approximate surface area is 125 Å². The van der Waals surface area contributed by atoms with Crippen LogP contribution >= 0.6 is 0 Å². The fourth-order valence-corrected chi connectivity index (χ4v) is 2.81. The van der Waals surface area contributed by atoms with Crippen LogP contribution in [0.3, 0.4) is 0 Å². The van der Waals surface area contributed by atoms with E-state index < -0.39 is 0 Å². The molecule has 0 heterocycles. The lowest BCUT2D eigenvalue weighted by atomic mass is 10.1. The SMILES string of the molecule is CC(N)CCC(=O)Nc1ccc2c(c1)Cc1ccccc1-2. The molecule has 0 bridgehead atoms. The molecule has 3 N–H and O–H groups in total. The number of carbonyl (C=O) groups is 1. The van der Waals surface area contributed by atoms with E-state index >= 15 is 0 Å². The van der Waals surface area contributed by atoms with Gasteiger partial charge < -0.3 is 11.1 Å². The molecular formula is C18H20N2O. The fourth-order valence-electron chi connectivity index (χ4n) is 2.81. The van der Waals surface area contributed by atoms with Gasteiger partial charge in [-0.1, -0.05) is 30.3 Å². The van der Waals surface area contributed by atoms with E-state index in [1.807, 2.05) is 13.0 Å². The van der Waals surface area contributed by atoms with Gasteiger partial charge in [0.1, 0.15) is 0 Å². The number of nitrogens with two attached hydrogens (primary N) is 1. The van der Waals surface area contributed by atoms with Crippen LogP contribution in [0.2, 0.25) is 0 Å². The van der Waals surface area contributed by atoms with E-state index in [9.17, 15) is 4.79 Å². The lowest BCUT2D eigenvalue weighted by Gasteiger charge is -2.09. The summed E-state index contributed by atoms with van der Waals surface area (Å²) in [6.45, 7) is 1.92. The predicted octanol–water partition coefficient (Wildman–Crippen LogP) is 3.32. The number of hydrogen-bond acceptors (Lipinski definition) is 2. The van der Waals surface area contributed by atoms with Crippen molar-refractivity contribution in [1.29, 1.82) is 0 Å². The third-order valence-corrected chi connectivity index (χ3v) is 3.90. The number of carbonyl (C=O) groups excluding carboxylic acids is 1. The van der Waals surface area contributed by atoms with Crippen molar-refractivity contribution in [1.82, 2.24) is 0 Å². The Morgan fingerprint density at radius 1 is 1.19 bits per heavy atom. The van der Waals surface area contributed by atoms with E-state index in [1.54, 1.807) is 0 Å². The molecule has 3 rings (SSSR count). The average Bonchev–Trinajstić information content (AvgIpc) is 2.82. The maximum absolute atomic E-state index is 11.9. The Hall–Kier alpha value is -2.13. The summed E-state index contributed by atoms with van der Waals surface area (Å²) in [6, 6.07) is 14.7. The van der Waals surface area contributed by atoms with Gasteiger partial charge in [0.05, 0.1) is 0 Å². The Morgan fingerprint density at radius 3 is 2.76 bits per heavy atom. The first-order valence-electron chi connectivity index (χ1n) is 7.40. The predicted molar refractivity (Wildman–Crippen MR) is 86.2 cm³/mol. The van der Waals surface area contributed by atoms with Gasteiger partial charge in [0.15, 0.2) is 0 Å². The summed E-state index contributed by atoms with van der Waals surface area (Å²) in [5.74, 6) is 0.0303. The summed E-state index contributed by atoms with van der Waals surface area (Å²) < 4.78 is 0. The molecule has 0 aliphatic heterocycles. The normalized spacial score (nSPS) is 13.4. The zero-order chi connectivity index (χ0) is 14.8. The Kier molecular flexibility index (Phi) is 3.76. The van der Waals surface area contributed by atoms with Crippen LogP contribution in [0, 0.1) is 0 Å². The number of nitrogens with one attached hydrogen (secondary N) is 1. The standard InChI is InChI=1S/C18H20N2O/c1-12(19)6-9-18(21)20-15-7-8-17-14(11-15)10-13-4-2-3-5-16(13)17/h2-5,7-8,11-12H,6,9-10,19H2,1H3,(H,20,21). The molecule has 21 heavy (non-hydrogen) atoms. The number of hydrogen-bond donors (Lipinski definition) is 2. The average molecular weight is 280 g/mol. The van der Waals surface area contributed by atoms with Crippen molar-refractivity contribution in [2.75, 3.05) is 5.32 Å². The third-order valence-electron chi connectivity index (χ3n) is 3.90. The topological polar surface area (TPSA) is 55.1 Å². The van der Waals surface area contributed by atoms with Crippen LogP contribution in [0.15, 0.2) is 42.5 Å². The zero-order valence-corrected chi connectivity index (χ0v) is 12.2. The second kappa shape index (κ2) is 5.70. The Balaban J connectivity index is 1.74. The van der Waals surface area contributed by atoms with Gasteiger partial charge in [-0.25, -0.2) is 0 Å². The van der Waals surface area contributed by atoms with Crippen LogP contribution in [-0.4, -0.2) is 11.9 Å². The molecule has 0 spiro atoms. The molecule has 2 aromatic carbocycles.